The van der Waals surface area contributed by atoms with Crippen LogP contribution in [0, 0.1) is 17.2 Å². The first-order chi connectivity index (χ1) is 7.42. The van der Waals surface area contributed by atoms with Gasteiger partial charge in [0.15, 0.2) is 0 Å². The third-order valence-corrected chi connectivity index (χ3v) is 4.09. The van der Waals surface area contributed by atoms with Gasteiger partial charge >= 0.3 is 0 Å². The van der Waals surface area contributed by atoms with Crippen LogP contribution in [0.4, 0.5) is 0 Å². The van der Waals surface area contributed by atoms with Gasteiger partial charge in [-0.2, -0.15) is 5.26 Å². The maximum atomic E-state index is 8.56. The fourth-order valence-corrected chi connectivity index (χ4v) is 3.37. The molecule has 2 atom stereocenters. The molecule has 84 valence electrons. The maximum absolute atomic E-state index is 8.56. The van der Waals surface area contributed by atoms with Gasteiger partial charge in [0.2, 0.25) is 0 Å². The molecule has 1 saturated carbocycles. The lowest BCUT2D eigenvalue weighted by Crippen LogP contribution is -2.46. The quantitative estimate of drug-likeness (QED) is 0.664. The minimum atomic E-state index is 0.730. The van der Waals surface area contributed by atoms with Crippen molar-refractivity contribution in [1.29, 1.82) is 5.26 Å². The lowest BCUT2D eigenvalue weighted by molar-refractivity contribution is 0.0604. The molecule has 0 N–H and O–H groups in total. The van der Waals surface area contributed by atoms with E-state index in [0.717, 1.165) is 31.3 Å². The normalized spacial score (nSPS) is 31.9. The summed E-state index contributed by atoms with van der Waals surface area (Å²) in [6, 6.07) is 3.12. The van der Waals surface area contributed by atoms with E-state index in [2.05, 4.69) is 11.0 Å². The highest BCUT2D eigenvalue weighted by Gasteiger charge is 2.32. The third-order valence-electron chi connectivity index (χ3n) is 4.09. The van der Waals surface area contributed by atoms with E-state index in [-0.39, 0.29) is 0 Å². The van der Waals surface area contributed by atoms with E-state index in [1.54, 1.807) is 0 Å². The Morgan fingerprint density at radius 3 is 2.80 bits per heavy atom. The van der Waals surface area contributed by atoms with E-state index in [9.17, 15) is 0 Å². The molecule has 0 radical (unpaired) electrons. The van der Waals surface area contributed by atoms with Crippen molar-refractivity contribution in [2.24, 2.45) is 5.92 Å². The summed E-state index contributed by atoms with van der Waals surface area (Å²) in [6.45, 7) is 2.45. The Morgan fingerprint density at radius 1 is 1.13 bits per heavy atom. The molecule has 1 aliphatic heterocycles. The molecule has 0 bridgehead atoms. The highest BCUT2D eigenvalue weighted by atomic mass is 15.2. The highest BCUT2D eigenvalue weighted by Crippen LogP contribution is 2.35. The number of nitriles is 1. The lowest BCUT2D eigenvalue weighted by atomic mass is 9.78. The zero-order valence-corrected chi connectivity index (χ0v) is 9.62. The molecule has 2 nitrogen and oxygen atoms in total. The van der Waals surface area contributed by atoms with Crippen LogP contribution < -0.4 is 0 Å². The van der Waals surface area contributed by atoms with Crippen LogP contribution in [-0.2, 0) is 0 Å². The van der Waals surface area contributed by atoms with E-state index in [1.807, 2.05) is 0 Å². The molecule has 0 aromatic rings. The second-order valence-electron chi connectivity index (χ2n) is 5.05. The van der Waals surface area contributed by atoms with Gasteiger partial charge in [0.05, 0.1) is 6.07 Å². The van der Waals surface area contributed by atoms with Gasteiger partial charge in [-0.3, -0.25) is 0 Å². The molecule has 0 aromatic heterocycles. The lowest BCUT2D eigenvalue weighted by Gasteiger charge is -2.44. The fraction of sp³-hybridized carbons (Fsp3) is 0.923. The summed E-state index contributed by atoms with van der Waals surface area (Å²) in [5.74, 6) is 0.981. The minimum Gasteiger partial charge on any atom is -0.300 e. The number of fused-ring (bicyclic) bond motifs is 1. The summed E-state index contributed by atoms with van der Waals surface area (Å²) in [5.41, 5.74) is 0. The van der Waals surface area contributed by atoms with Crippen molar-refractivity contribution in [3.63, 3.8) is 0 Å². The molecule has 2 heteroatoms. The Labute approximate surface area is 93.3 Å². The van der Waals surface area contributed by atoms with Crippen LogP contribution in [-0.4, -0.2) is 24.0 Å². The monoisotopic (exact) mass is 206 g/mol. The number of nitrogens with zero attached hydrogens (tertiary/aromatic N) is 2. The molecule has 1 aliphatic carbocycles. The molecule has 15 heavy (non-hydrogen) atoms. The summed E-state index contributed by atoms with van der Waals surface area (Å²) in [4.78, 5) is 2.67. The van der Waals surface area contributed by atoms with Gasteiger partial charge in [-0.15, -0.1) is 0 Å². The molecule has 2 rings (SSSR count). The Balaban J connectivity index is 1.84. The standard InChI is InChI=1S/C13H22N2/c14-9-3-4-10-15-11-5-7-12-6-1-2-8-13(12)15/h12-13H,1-8,10-11H2. The molecular formula is C13H22N2. The van der Waals surface area contributed by atoms with Gasteiger partial charge in [0.1, 0.15) is 0 Å². The Hall–Kier alpha value is -0.550. The van der Waals surface area contributed by atoms with Crippen LogP contribution in [0.2, 0.25) is 0 Å². The van der Waals surface area contributed by atoms with Crippen LogP contribution in [0.3, 0.4) is 0 Å². The predicted molar refractivity (Wildman–Crippen MR) is 61.4 cm³/mol. The largest absolute Gasteiger partial charge is 0.300 e. The van der Waals surface area contributed by atoms with E-state index in [4.69, 9.17) is 5.26 Å². The number of piperidine rings is 1. The smallest absolute Gasteiger partial charge is 0.0622 e. The second kappa shape index (κ2) is 5.51. The van der Waals surface area contributed by atoms with Crippen LogP contribution in [0.1, 0.15) is 51.4 Å². The van der Waals surface area contributed by atoms with Crippen molar-refractivity contribution in [1.82, 2.24) is 4.90 Å². The second-order valence-corrected chi connectivity index (χ2v) is 5.05. The Bertz CT molecular complexity index is 229. The Kier molecular flexibility index (Phi) is 4.02. The molecule has 2 unspecified atom stereocenters. The predicted octanol–water partition coefficient (Wildman–Crippen LogP) is 2.94. The number of unbranched alkanes of at least 4 members (excludes halogenated alkanes) is 1. The average molecular weight is 206 g/mol. The molecule has 1 saturated heterocycles. The molecule has 2 aliphatic rings. The van der Waals surface area contributed by atoms with Gasteiger partial charge in [0.25, 0.3) is 0 Å². The van der Waals surface area contributed by atoms with Crippen molar-refractivity contribution in [3.8, 4) is 6.07 Å². The first-order valence-corrected chi connectivity index (χ1v) is 6.53. The summed E-state index contributed by atoms with van der Waals surface area (Å²) in [5, 5.41) is 8.56. The zero-order chi connectivity index (χ0) is 10.5. The molecule has 0 aromatic carbocycles. The highest BCUT2D eigenvalue weighted by molar-refractivity contribution is 4.87. The van der Waals surface area contributed by atoms with Crippen LogP contribution in [0.25, 0.3) is 0 Å². The van der Waals surface area contributed by atoms with E-state index in [1.165, 1.54) is 45.1 Å². The summed E-state index contributed by atoms with van der Waals surface area (Å²) < 4.78 is 0. The zero-order valence-electron chi connectivity index (χ0n) is 9.62. The van der Waals surface area contributed by atoms with Crippen molar-refractivity contribution in [3.05, 3.63) is 0 Å². The molecule has 0 spiro atoms. The van der Waals surface area contributed by atoms with E-state index >= 15 is 0 Å². The third kappa shape index (κ3) is 2.72. The first-order valence-electron chi connectivity index (χ1n) is 6.53. The Morgan fingerprint density at radius 2 is 1.93 bits per heavy atom. The van der Waals surface area contributed by atoms with E-state index < -0.39 is 0 Å². The van der Waals surface area contributed by atoms with Crippen LogP contribution in [0.5, 0.6) is 0 Å². The molecule has 1 heterocycles. The molecule has 2 fully saturated rings. The number of hydrogen-bond acceptors (Lipinski definition) is 2. The van der Waals surface area contributed by atoms with Crippen LogP contribution >= 0.6 is 0 Å². The van der Waals surface area contributed by atoms with Crippen molar-refractivity contribution in [2.45, 2.75) is 57.4 Å². The fourth-order valence-electron chi connectivity index (χ4n) is 3.37. The van der Waals surface area contributed by atoms with Gasteiger partial charge in [0, 0.05) is 12.5 Å². The number of hydrogen-bond donors (Lipinski definition) is 0. The summed E-state index contributed by atoms with van der Waals surface area (Å²) in [6.07, 6.45) is 10.4. The number of likely N-dealkylation sites (tertiary alicyclic amines) is 1. The van der Waals surface area contributed by atoms with Gasteiger partial charge in [-0.25, -0.2) is 0 Å². The SMILES string of the molecule is N#CCCCN1CCCC2CCCCC21. The summed E-state index contributed by atoms with van der Waals surface area (Å²) >= 11 is 0. The van der Waals surface area contributed by atoms with Crippen molar-refractivity contribution >= 4 is 0 Å². The van der Waals surface area contributed by atoms with Crippen molar-refractivity contribution < 1.29 is 0 Å². The molecular weight excluding hydrogens is 184 g/mol. The van der Waals surface area contributed by atoms with Crippen molar-refractivity contribution in [2.75, 3.05) is 13.1 Å². The van der Waals surface area contributed by atoms with Gasteiger partial charge in [-0.1, -0.05) is 12.8 Å². The topological polar surface area (TPSA) is 27.0 Å². The van der Waals surface area contributed by atoms with Gasteiger partial charge in [-0.05, 0) is 51.1 Å². The van der Waals surface area contributed by atoms with Gasteiger partial charge < -0.3 is 4.90 Å². The van der Waals surface area contributed by atoms with Crippen LogP contribution in [0.15, 0.2) is 0 Å². The maximum Gasteiger partial charge on any atom is 0.0622 e. The average Bonchev–Trinajstić information content (AvgIpc) is 2.30. The minimum absolute atomic E-state index is 0.730. The van der Waals surface area contributed by atoms with E-state index in [0.29, 0.717) is 0 Å². The first kappa shape index (κ1) is 11.0. The molecule has 0 amide bonds. The summed E-state index contributed by atoms with van der Waals surface area (Å²) in [7, 11) is 0. The number of rotatable bonds is 3.